The fraction of sp³-hybridized carbons (Fsp3) is 0.667. The number of nitrogens with zero attached hydrogens (tertiary/aromatic N) is 2. The molecular weight excluding hydrogens is 232 g/mol. The number of anilines is 1. The first-order valence-corrected chi connectivity index (χ1v) is 6.48. The normalized spacial score (nSPS) is 12.5. The van der Waals surface area contributed by atoms with E-state index in [1.807, 2.05) is 18.7 Å². The largest absolute Gasteiger partial charge is 0.389 e. The molecule has 0 saturated heterocycles. The number of thiocarbonyl (C=S) groups is 1. The van der Waals surface area contributed by atoms with E-state index in [1.54, 1.807) is 0 Å². The van der Waals surface area contributed by atoms with E-state index in [0.717, 1.165) is 23.5 Å². The minimum atomic E-state index is 0.401. The molecule has 0 bridgehead atoms. The van der Waals surface area contributed by atoms with Crippen LogP contribution in [-0.2, 0) is 7.05 Å². The van der Waals surface area contributed by atoms with E-state index < -0.39 is 0 Å². The lowest BCUT2D eigenvalue weighted by Gasteiger charge is -2.16. The summed E-state index contributed by atoms with van der Waals surface area (Å²) in [5, 5.41) is 7.80. The smallest absolute Gasteiger partial charge is 0.134 e. The molecule has 5 heteroatoms. The standard InChI is InChI=1S/C12H22N4S/c1-5-6-7-8(2)14-12-10(11(13)17)9(3)15-16(12)4/h8,14H,5-7H2,1-4H3,(H2,13,17). The monoisotopic (exact) mass is 254 g/mol. The number of nitrogens with two attached hydrogens (primary N) is 1. The van der Waals surface area contributed by atoms with Crippen molar-refractivity contribution in [1.29, 1.82) is 0 Å². The van der Waals surface area contributed by atoms with Crippen LogP contribution in [0.1, 0.15) is 44.4 Å². The first kappa shape index (κ1) is 14.0. The molecule has 96 valence electrons. The molecule has 1 rings (SSSR count). The summed E-state index contributed by atoms with van der Waals surface area (Å²) in [5.74, 6) is 0.929. The lowest BCUT2D eigenvalue weighted by molar-refractivity contribution is 0.634. The summed E-state index contributed by atoms with van der Waals surface area (Å²) in [5.41, 5.74) is 7.49. The zero-order valence-electron chi connectivity index (χ0n) is 11.1. The van der Waals surface area contributed by atoms with Gasteiger partial charge in [-0.2, -0.15) is 5.10 Å². The molecule has 0 aliphatic carbocycles. The zero-order chi connectivity index (χ0) is 13.0. The fourth-order valence-corrected chi connectivity index (χ4v) is 2.18. The van der Waals surface area contributed by atoms with Crippen LogP contribution in [0.3, 0.4) is 0 Å². The Morgan fingerprint density at radius 3 is 2.76 bits per heavy atom. The molecule has 1 heterocycles. The molecule has 0 fully saturated rings. The van der Waals surface area contributed by atoms with Crippen molar-refractivity contribution in [3.63, 3.8) is 0 Å². The molecule has 1 aromatic heterocycles. The van der Waals surface area contributed by atoms with Crippen LogP contribution in [0.5, 0.6) is 0 Å². The van der Waals surface area contributed by atoms with Crippen molar-refractivity contribution in [2.24, 2.45) is 12.8 Å². The Balaban J connectivity index is 2.86. The molecule has 0 aliphatic rings. The lowest BCUT2D eigenvalue weighted by Crippen LogP contribution is -2.20. The lowest BCUT2D eigenvalue weighted by atomic mass is 10.1. The van der Waals surface area contributed by atoms with Gasteiger partial charge in [-0.15, -0.1) is 0 Å². The zero-order valence-corrected chi connectivity index (χ0v) is 11.9. The van der Waals surface area contributed by atoms with Crippen LogP contribution in [0.15, 0.2) is 0 Å². The minimum Gasteiger partial charge on any atom is -0.389 e. The second-order valence-corrected chi connectivity index (χ2v) is 4.92. The van der Waals surface area contributed by atoms with Gasteiger partial charge in [-0.25, -0.2) is 0 Å². The van der Waals surface area contributed by atoms with Crippen molar-refractivity contribution in [1.82, 2.24) is 9.78 Å². The number of unbranched alkanes of at least 4 members (excludes halogenated alkanes) is 1. The number of hydrogen-bond acceptors (Lipinski definition) is 3. The van der Waals surface area contributed by atoms with Crippen molar-refractivity contribution >= 4 is 23.0 Å². The summed E-state index contributed by atoms with van der Waals surface area (Å²) in [6, 6.07) is 0.401. The summed E-state index contributed by atoms with van der Waals surface area (Å²) in [6.07, 6.45) is 3.56. The number of rotatable bonds is 6. The van der Waals surface area contributed by atoms with Crippen molar-refractivity contribution in [2.75, 3.05) is 5.32 Å². The Bertz CT molecular complexity index is 397. The predicted molar refractivity (Wildman–Crippen MR) is 76.4 cm³/mol. The summed E-state index contributed by atoms with van der Waals surface area (Å²) in [7, 11) is 1.91. The van der Waals surface area contributed by atoms with Crippen LogP contribution >= 0.6 is 12.2 Å². The average molecular weight is 254 g/mol. The summed E-state index contributed by atoms with van der Waals surface area (Å²) >= 11 is 5.08. The van der Waals surface area contributed by atoms with E-state index in [4.69, 9.17) is 18.0 Å². The Hall–Kier alpha value is -1.10. The Morgan fingerprint density at radius 1 is 1.59 bits per heavy atom. The van der Waals surface area contributed by atoms with E-state index in [9.17, 15) is 0 Å². The third-order valence-corrected chi connectivity index (χ3v) is 3.05. The topological polar surface area (TPSA) is 55.9 Å². The predicted octanol–water partition coefficient (Wildman–Crippen LogP) is 2.35. The number of nitrogens with one attached hydrogen (secondary N) is 1. The molecule has 0 aliphatic heterocycles. The number of aryl methyl sites for hydroxylation is 2. The third-order valence-electron chi connectivity index (χ3n) is 2.84. The molecule has 0 saturated carbocycles. The third kappa shape index (κ3) is 3.43. The van der Waals surface area contributed by atoms with Crippen LogP contribution < -0.4 is 11.1 Å². The molecule has 1 aromatic rings. The molecule has 4 nitrogen and oxygen atoms in total. The van der Waals surface area contributed by atoms with Gasteiger partial charge >= 0.3 is 0 Å². The summed E-state index contributed by atoms with van der Waals surface area (Å²) in [6.45, 7) is 6.29. The molecule has 1 unspecified atom stereocenters. The highest BCUT2D eigenvalue weighted by atomic mass is 32.1. The Labute approximate surface area is 109 Å². The Morgan fingerprint density at radius 2 is 2.24 bits per heavy atom. The van der Waals surface area contributed by atoms with Gasteiger partial charge in [0, 0.05) is 13.1 Å². The minimum absolute atomic E-state index is 0.401. The van der Waals surface area contributed by atoms with Gasteiger partial charge in [0.1, 0.15) is 10.8 Å². The highest BCUT2D eigenvalue weighted by Crippen LogP contribution is 2.20. The quantitative estimate of drug-likeness (QED) is 0.765. The molecule has 0 amide bonds. The first-order chi connectivity index (χ1) is 7.97. The van der Waals surface area contributed by atoms with Gasteiger partial charge in [-0.3, -0.25) is 4.68 Å². The maximum atomic E-state index is 5.74. The highest BCUT2D eigenvalue weighted by molar-refractivity contribution is 7.80. The van der Waals surface area contributed by atoms with Gasteiger partial charge in [0.05, 0.1) is 11.3 Å². The molecule has 1 atom stereocenters. The van der Waals surface area contributed by atoms with E-state index in [0.29, 0.717) is 11.0 Å². The maximum absolute atomic E-state index is 5.74. The van der Waals surface area contributed by atoms with Gasteiger partial charge < -0.3 is 11.1 Å². The van der Waals surface area contributed by atoms with E-state index >= 15 is 0 Å². The highest BCUT2D eigenvalue weighted by Gasteiger charge is 2.16. The second kappa shape index (κ2) is 6.00. The number of aromatic nitrogens is 2. The maximum Gasteiger partial charge on any atom is 0.134 e. The van der Waals surface area contributed by atoms with Crippen LogP contribution in [0.25, 0.3) is 0 Å². The van der Waals surface area contributed by atoms with Gasteiger partial charge in [0.2, 0.25) is 0 Å². The SMILES string of the molecule is CCCCC(C)Nc1c(C(N)=S)c(C)nn1C. The molecule has 17 heavy (non-hydrogen) atoms. The van der Waals surface area contributed by atoms with Crippen molar-refractivity contribution in [3.05, 3.63) is 11.3 Å². The van der Waals surface area contributed by atoms with Crippen LogP contribution in [-0.4, -0.2) is 20.8 Å². The number of hydrogen-bond donors (Lipinski definition) is 2. The van der Waals surface area contributed by atoms with Gasteiger partial charge in [0.15, 0.2) is 0 Å². The Kier molecular flexibility index (Phi) is 4.93. The van der Waals surface area contributed by atoms with Gasteiger partial charge in [-0.1, -0.05) is 32.0 Å². The average Bonchev–Trinajstić information content (AvgIpc) is 2.51. The van der Waals surface area contributed by atoms with Crippen LogP contribution in [0.2, 0.25) is 0 Å². The first-order valence-electron chi connectivity index (χ1n) is 6.07. The van der Waals surface area contributed by atoms with Gasteiger partial charge in [-0.05, 0) is 20.3 Å². The summed E-state index contributed by atoms with van der Waals surface area (Å²) in [4.78, 5) is 0.404. The molecular formula is C12H22N4S. The van der Waals surface area contributed by atoms with Crippen molar-refractivity contribution in [2.45, 2.75) is 46.1 Å². The molecule has 3 N–H and O–H groups in total. The van der Waals surface area contributed by atoms with Crippen molar-refractivity contribution < 1.29 is 0 Å². The van der Waals surface area contributed by atoms with Gasteiger partial charge in [0.25, 0.3) is 0 Å². The van der Waals surface area contributed by atoms with E-state index in [1.165, 1.54) is 12.8 Å². The molecule has 0 radical (unpaired) electrons. The molecule has 0 aromatic carbocycles. The second-order valence-electron chi connectivity index (χ2n) is 4.48. The van der Waals surface area contributed by atoms with Crippen molar-refractivity contribution in [3.8, 4) is 0 Å². The van der Waals surface area contributed by atoms with E-state index in [2.05, 4.69) is 24.3 Å². The van der Waals surface area contributed by atoms with E-state index in [-0.39, 0.29) is 0 Å². The summed E-state index contributed by atoms with van der Waals surface area (Å²) < 4.78 is 1.81. The van der Waals surface area contributed by atoms with Crippen LogP contribution in [0.4, 0.5) is 5.82 Å². The van der Waals surface area contributed by atoms with Crippen LogP contribution in [0, 0.1) is 6.92 Å². The molecule has 0 spiro atoms. The fourth-order valence-electron chi connectivity index (χ4n) is 1.93.